The second-order valence-corrected chi connectivity index (χ2v) is 3.01. The fourth-order valence-corrected chi connectivity index (χ4v) is 1.14. The minimum Gasteiger partial charge on any atom is -0.368 e. The van der Waals surface area contributed by atoms with Gasteiger partial charge in [-0.25, -0.2) is 15.0 Å². The molecular weight excluding hydrogens is 206 g/mol. The van der Waals surface area contributed by atoms with E-state index in [1.54, 1.807) is 0 Å². The van der Waals surface area contributed by atoms with E-state index < -0.39 is 0 Å². The largest absolute Gasteiger partial charge is 0.368 e. The molecule has 0 radical (unpaired) electrons. The molecule has 2 aromatic heterocycles. The Bertz CT molecular complexity index is 468. The summed E-state index contributed by atoms with van der Waals surface area (Å²) in [6.45, 7) is 0.676. The molecule has 2 rings (SSSR count). The van der Waals surface area contributed by atoms with Crippen LogP contribution in [0.15, 0.2) is 18.7 Å². The Labute approximate surface area is 91.6 Å². The van der Waals surface area contributed by atoms with E-state index in [1.165, 1.54) is 18.7 Å². The van der Waals surface area contributed by atoms with Crippen molar-refractivity contribution in [1.82, 2.24) is 25.1 Å². The van der Waals surface area contributed by atoms with Gasteiger partial charge in [-0.15, -0.1) is 0 Å². The highest BCUT2D eigenvalue weighted by Crippen LogP contribution is 2.00. The standard InChI is InChI=1S/C9H9N7/c10-3-7-4-13-9(5-12-7)11-2-1-8-14-6-15-16-8/h4-6H,1-2H2,(H,11,13)(H,14,15,16). The summed E-state index contributed by atoms with van der Waals surface area (Å²) in [7, 11) is 0. The molecule has 0 aliphatic carbocycles. The predicted molar refractivity (Wildman–Crippen MR) is 55.3 cm³/mol. The van der Waals surface area contributed by atoms with Crippen LogP contribution >= 0.6 is 0 Å². The van der Waals surface area contributed by atoms with E-state index in [0.717, 1.165) is 12.2 Å². The maximum Gasteiger partial charge on any atom is 0.158 e. The topological polar surface area (TPSA) is 103 Å². The second kappa shape index (κ2) is 4.84. The summed E-state index contributed by atoms with van der Waals surface area (Å²) in [6, 6.07) is 1.91. The summed E-state index contributed by atoms with van der Waals surface area (Å²) in [5.74, 6) is 1.45. The van der Waals surface area contributed by atoms with Gasteiger partial charge < -0.3 is 5.32 Å². The average molecular weight is 215 g/mol. The molecule has 0 spiro atoms. The number of aromatic nitrogens is 5. The molecule has 0 aliphatic rings. The van der Waals surface area contributed by atoms with E-state index in [1.807, 2.05) is 6.07 Å². The van der Waals surface area contributed by atoms with Crippen LogP contribution in [0.3, 0.4) is 0 Å². The van der Waals surface area contributed by atoms with Crippen LogP contribution < -0.4 is 5.32 Å². The van der Waals surface area contributed by atoms with Crippen molar-refractivity contribution in [3.05, 3.63) is 30.2 Å². The SMILES string of the molecule is N#Cc1cnc(NCCc2ncn[nH]2)cn1. The van der Waals surface area contributed by atoms with Crippen molar-refractivity contribution in [3.8, 4) is 6.07 Å². The number of anilines is 1. The van der Waals surface area contributed by atoms with Crippen molar-refractivity contribution in [2.24, 2.45) is 0 Å². The lowest BCUT2D eigenvalue weighted by atomic mass is 10.4. The van der Waals surface area contributed by atoms with Crippen LogP contribution in [0.25, 0.3) is 0 Å². The van der Waals surface area contributed by atoms with Crippen molar-refractivity contribution in [2.75, 3.05) is 11.9 Å². The van der Waals surface area contributed by atoms with Gasteiger partial charge in [0.1, 0.15) is 24.0 Å². The van der Waals surface area contributed by atoms with Gasteiger partial charge in [-0.2, -0.15) is 10.4 Å². The van der Waals surface area contributed by atoms with Crippen LogP contribution in [0.4, 0.5) is 5.82 Å². The van der Waals surface area contributed by atoms with Gasteiger partial charge >= 0.3 is 0 Å². The molecule has 0 bridgehead atoms. The van der Waals surface area contributed by atoms with Gasteiger partial charge in [-0.3, -0.25) is 5.10 Å². The number of hydrogen-bond donors (Lipinski definition) is 2. The number of aromatic amines is 1. The number of rotatable bonds is 4. The lowest BCUT2D eigenvalue weighted by Gasteiger charge is -2.02. The molecule has 7 nitrogen and oxygen atoms in total. The van der Waals surface area contributed by atoms with Crippen LogP contribution in [0.5, 0.6) is 0 Å². The maximum absolute atomic E-state index is 8.54. The van der Waals surface area contributed by atoms with Gasteiger partial charge in [0.05, 0.1) is 12.4 Å². The summed E-state index contributed by atoms with van der Waals surface area (Å²) < 4.78 is 0. The van der Waals surface area contributed by atoms with Gasteiger partial charge in [0, 0.05) is 13.0 Å². The Kier molecular flexibility index (Phi) is 3.04. The van der Waals surface area contributed by atoms with E-state index in [2.05, 4.69) is 30.5 Å². The van der Waals surface area contributed by atoms with Gasteiger partial charge in [0.15, 0.2) is 5.69 Å². The molecule has 0 aromatic carbocycles. The third-order valence-corrected chi connectivity index (χ3v) is 1.90. The monoisotopic (exact) mass is 215 g/mol. The van der Waals surface area contributed by atoms with Crippen molar-refractivity contribution in [3.63, 3.8) is 0 Å². The lowest BCUT2D eigenvalue weighted by Crippen LogP contribution is -2.07. The molecule has 0 unspecified atom stereocenters. The van der Waals surface area contributed by atoms with E-state index >= 15 is 0 Å². The number of nitrogens with zero attached hydrogens (tertiary/aromatic N) is 5. The number of H-pyrrole nitrogens is 1. The quantitative estimate of drug-likeness (QED) is 0.750. The second-order valence-electron chi connectivity index (χ2n) is 3.01. The van der Waals surface area contributed by atoms with Gasteiger partial charge in [-0.05, 0) is 0 Å². The third-order valence-electron chi connectivity index (χ3n) is 1.90. The number of nitriles is 1. The Balaban J connectivity index is 1.83. The first kappa shape index (κ1) is 10.0. The summed E-state index contributed by atoms with van der Waals surface area (Å²) in [5.41, 5.74) is 0.306. The highest BCUT2D eigenvalue weighted by Gasteiger charge is 1.97. The van der Waals surface area contributed by atoms with Crippen molar-refractivity contribution >= 4 is 5.82 Å². The minimum atomic E-state index is 0.306. The molecule has 0 saturated carbocycles. The van der Waals surface area contributed by atoms with Crippen molar-refractivity contribution < 1.29 is 0 Å². The zero-order valence-electron chi connectivity index (χ0n) is 8.38. The normalized spacial score (nSPS) is 9.69. The predicted octanol–water partition coefficient (Wildman–Crippen LogP) is 0.121. The molecule has 0 atom stereocenters. The third kappa shape index (κ3) is 2.51. The van der Waals surface area contributed by atoms with Crippen molar-refractivity contribution in [1.29, 1.82) is 5.26 Å². The molecular formula is C9H9N7. The molecule has 0 saturated heterocycles. The van der Waals surface area contributed by atoms with E-state index in [9.17, 15) is 0 Å². The van der Waals surface area contributed by atoms with Gasteiger partial charge in [0.2, 0.25) is 0 Å². The number of hydrogen-bond acceptors (Lipinski definition) is 6. The van der Waals surface area contributed by atoms with Crippen LogP contribution in [0.1, 0.15) is 11.5 Å². The molecule has 0 amide bonds. The Morgan fingerprint density at radius 3 is 2.88 bits per heavy atom. The van der Waals surface area contributed by atoms with Gasteiger partial charge in [-0.1, -0.05) is 0 Å². The molecule has 2 heterocycles. The van der Waals surface area contributed by atoms with E-state index in [-0.39, 0.29) is 0 Å². The number of nitrogens with one attached hydrogen (secondary N) is 2. The van der Waals surface area contributed by atoms with E-state index in [4.69, 9.17) is 5.26 Å². The summed E-state index contributed by atoms with van der Waals surface area (Å²) in [4.78, 5) is 11.9. The highest BCUT2D eigenvalue weighted by molar-refractivity contribution is 5.33. The lowest BCUT2D eigenvalue weighted by molar-refractivity contribution is 0.895. The zero-order valence-corrected chi connectivity index (χ0v) is 8.38. The summed E-state index contributed by atoms with van der Waals surface area (Å²) >= 11 is 0. The first-order chi connectivity index (χ1) is 7.88. The minimum absolute atomic E-state index is 0.306. The van der Waals surface area contributed by atoms with Gasteiger partial charge in [0.25, 0.3) is 0 Å². The maximum atomic E-state index is 8.54. The molecule has 7 heteroatoms. The van der Waals surface area contributed by atoms with Crippen LogP contribution in [0, 0.1) is 11.3 Å². The molecule has 0 fully saturated rings. The van der Waals surface area contributed by atoms with Crippen molar-refractivity contribution in [2.45, 2.75) is 6.42 Å². The smallest absolute Gasteiger partial charge is 0.158 e. The Hall–Kier alpha value is -2.49. The average Bonchev–Trinajstić information content (AvgIpc) is 2.83. The molecule has 80 valence electrons. The zero-order chi connectivity index (χ0) is 11.2. The summed E-state index contributed by atoms with van der Waals surface area (Å²) in [6.07, 6.45) is 5.15. The molecule has 2 N–H and O–H groups in total. The van der Waals surface area contributed by atoms with E-state index in [0.29, 0.717) is 18.1 Å². The first-order valence-corrected chi connectivity index (χ1v) is 4.69. The Morgan fingerprint density at radius 2 is 2.25 bits per heavy atom. The summed E-state index contributed by atoms with van der Waals surface area (Å²) in [5, 5.41) is 18.1. The van der Waals surface area contributed by atoms with Crippen LogP contribution in [0.2, 0.25) is 0 Å². The Morgan fingerprint density at radius 1 is 1.31 bits per heavy atom. The molecule has 16 heavy (non-hydrogen) atoms. The highest BCUT2D eigenvalue weighted by atomic mass is 15.2. The fourth-order valence-electron chi connectivity index (χ4n) is 1.14. The molecule has 0 aliphatic heterocycles. The van der Waals surface area contributed by atoms with Crippen LogP contribution in [-0.2, 0) is 6.42 Å². The molecule has 2 aromatic rings. The first-order valence-electron chi connectivity index (χ1n) is 4.69. The van der Waals surface area contributed by atoms with Crippen LogP contribution in [-0.4, -0.2) is 31.7 Å². The fraction of sp³-hybridized carbons (Fsp3) is 0.222.